The number of hydrogen-bond donors (Lipinski definition) is 0. The van der Waals surface area contributed by atoms with Crippen molar-refractivity contribution >= 4 is 39.1 Å². The number of rotatable bonds is 5. The Morgan fingerprint density at radius 2 is 1.92 bits per heavy atom. The van der Waals surface area contributed by atoms with Crippen LogP contribution in [0.1, 0.15) is 18.5 Å². The van der Waals surface area contributed by atoms with E-state index in [0.717, 1.165) is 76.2 Å². The highest BCUT2D eigenvalue weighted by Gasteiger charge is 2.24. The fourth-order valence-corrected chi connectivity index (χ4v) is 6.11. The van der Waals surface area contributed by atoms with E-state index in [2.05, 4.69) is 68.9 Å². The number of benzene rings is 3. The molecule has 1 atom stereocenters. The van der Waals surface area contributed by atoms with E-state index in [4.69, 9.17) is 26.3 Å². The molecule has 0 radical (unpaired) electrons. The smallest absolute Gasteiger partial charge is 0.319 e. The number of imidazole rings is 1. The number of hydrogen-bond acceptors (Lipinski definition) is 6. The van der Waals surface area contributed by atoms with Crippen LogP contribution < -0.4 is 9.64 Å². The summed E-state index contributed by atoms with van der Waals surface area (Å²) in [6.07, 6.45) is 6.18. The average Bonchev–Trinajstić information content (AvgIpc) is 3.59. The summed E-state index contributed by atoms with van der Waals surface area (Å²) >= 11 is 6.67. The summed E-state index contributed by atoms with van der Waals surface area (Å²) in [6.45, 7) is 4.16. The van der Waals surface area contributed by atoms with Crippen molar-refractivity contribution in [3.05, 3.63) is 77.8 Å². The molecule has 2 aliphatic heterocycles. The van der Waals surface area contributed by atoms with Gasteiger partial charge in [-0.2, -0.15) is 9.97 Å². The Hall–Kier alpha value is -3.68. The monoisotopic (exact) mass is 524 g/mol. The van der Waals surface area contributed by atoms with Crippen LogP contribution in [-0.2, 0) is 13.1 Å². The van der Waals surface area contributed by atoms with Crippen molar-refractivity contribution in [1.29, 1.82) is 0 Å². The zero-order valence-corrected chi connectivity index (χ0v) is 22.1. The second kappa shape index (κ2) is 9.57. The van der Waals surface area contributed by atoms with Gasteiger partial charge in [0.15, 0.2) is 0 Å². The summed E-state index contributed by atoms with van der Waals surface area (Å²) in [5.41, 5.74) is 4.21. The molecule has 0 spiro atoms. The maximum Gasteiger partial charge on any atom is 0.319 e. The van der Waals surface area contributed by atoms with E-state index in [1.54, 1.807) is 0 Å². The fraction of sp³-hybridized carbons (Fsp3) is 0.300. The molecule has 0 unspecified atom stereocenters. The lowest BCUT2D eigenvalue weighted by Gasteiger charge is -2.30. The highest BCUT2D eigenvalue weighted by molar-refractivity contribution is 6.36. The van der Waals surface area contributed by atoms with Gasteiger partial charge in [-0.05, 0) is 61.1 Å². The van der Waals surface area contributed by atoms with Crippen molar-refractivity contribution in [3.63, 3.8) is 0 Å². The number of likely N-dealkylation sites (tertiary alicyclic amines) is 1. The third-order valence-electron chi connectivity index (χ3n) is 7.96. The van der Waals surface area contributed by atoms with Gasteiger partial charge in [-0.15, -0.1) is 0 Å². The lowest BCUT2D eigenvalue weighted by Crippen LogP contribution is -2.34. The van der Waals surface area contributed by atoms with Gasteiger partial charge in [-0.25, -0.2) is 4.98 Å². The Bertz CT molecular complexity index is 1640. The van der Waals surface area contributed by atoms with Gasteiger partial charge in [-0.3, -0.25) is 0 Å². The quantitative estimate of drug-likeness (QED) is 0.290. The summed E-state index contributed by atoms with van der Waals surface area (Å²) in [5.74, 6) is 0.903. The van der Waals surface area contributed by atoms with E-state index in [1.807, 2.05) is 24.7 Å². The van der Waals surface area contributed by atoms with Crippen LogP contribution in [0.25, 0.3) is 32.8 Å². The lowest BCUT2D eigenvalue weighted by molar-refractivity contribution is 0.188. The standard InChI is InChI=1S/C30H29ClN6O/c1-35-12-4-7-22(35)18-38-30-33-27-15-21(24-8-2-5-20-6-3-9-26(31)28(20)24)10-11-25(27)29(34-30)36-13-14-37-19-32-16-23(37)17-36/h2-3,5-6,8-11,15-16,19,22H,4,7,12-14,17-18H2,1H3/t22-/m0/s1. The predicted octanol–water partition coefficient (Wildman–Crippen LogP) is 5.79. The van der Waals surface area contributed by atoms with Gasteiger partial charge in [0.1, 0.15) is 12.4 Å². The molecule has 7 nitrogen and oxygen atoms in total. The van der Waals surface area contributed by atoms with Crippen molar-refractivity contribution < 1.29 is 4.74 Å². The topological polar surface area (TPSA) is 59.3 Å². The molecular formula is C30H29ClN6O. The molecule has 2 aromatic heterocycles. The van der Waals surface area contributed by atoms with Gasteiger partial charge in [0.05, 0.1) is 24.1 Å². The van der Waals surface area contributed by atoms with Crippen LogP contribution in [0.5, 0.6) is 6.01 Å². The van der Waals surface area contributed by atoms with Crippen LogP contribution in [-0.4, -0.2) is 57.2 Å². The van der Waals surface area contributed by atoms with Gasteiger partial charge in [0, 0.05) is 41.1 Å². The molecule has 0 amide bonds. The molecule has 5 aromatic rings. The minimum Gasteiger partial charge on any atom is -0.462 e. The van der Waals surface area contributed by atoms with Crippen LogP contribution in [0.3, 0.4) is 0 Å². The first kappa shape index (κ1) is 23.4. The van der Waals surface area contributed by atoms with Crippen molar-refractivity contribution in [2.24, 2.45) is 0 Å². The summed E-state index contributed by atoms with van der Waals surface area (Å²) < 4.78 is 8.46. The van der Waals surface area contributed by atoms with Gasteiger partial charge < -0.3 is 19.1 Å². The summed E-state index contributed by atoms with van der Waals surface area (Å²) in [4.78, 5) is 18.9. The molecule has 192 valence electrons. The number of anilines is 1. The first-order valence-electron chi connectivity index (χ1n) is 13.2. The number of aromatic nitrogens is 4. The van der Waals surface area contributed by atoms with Crippen molar-refractivity contribution in [1.82, 2.24) is 24.4 Å². The molecule has 7 rings (SSSR count). The highest BCUT2D eigenvalue weighted by atomic mass is 35.5. The third-order valence-corrected chi connectivity index (χ3v) is 8.27. The van der Waals surface area contributed by atoms with Crippen molar-refractivity contribution in [2.45, 2.75) is 32.0 Å². The highest BCUT2D eigenvalue weighted by Crippen LogP contribution is 2.37. The van der Waals surface area contributed by atoms with Crippen molar-refractivity contribution in [3.8, 4) is 17.1 Å². The van der Waals surface area contributed by atoms with E-state index >= 15 is 0 Å². The Morgan fingerprint density at radius 3 is 2.79 bits per heavy atom. The summed E-state index contributed by atoms with van der Waals surface area (Å²) in [7, 11) is 2.16. The van der Waals surface area contributed by atoms with Crippen LogP contribution in [0, 0.1) is 0 Å². The molecular weight excluding hydrogens is 496 g/mol. The van der Waals surface area contributed by atoms with E-state index in [1.165, 1.54) is 12.1 Å². The summed E-state index contributed by atoms with van der Waals surface area (Å²) in [5, 5.41) is 3.93. The number of halogens is 1. The average molecular weight is 525 g/mol. The van der Waals surface area contributed by atoms with Crippen LogP contribution in [0.2, 0.25) is 5.02 Å². The van der Waals surface area contributed by atoms with Gasteiger partial charge in [0.2, 0.25) is 0 Å². The molecule has 0 aliphatic carbocycles. The van der Waals surface area contributed by atoms with Crippen molar-refractivity contribution in [2.75, 3.05) is 31.6 Å². The lowest BCUT2D eigenvalue weighted by atomic mass is 9.97. The van der Waals surface area contributed by atoms with E-state index in [0.29, 0.717) is 18.7 Å². The Morgan fingerprint density at radius 1 is 1.03 bits per heavy atom. The first-order valence-corrected chi connectivity index (χ1v) is 13.6. The Kier molecular flexibility index (Phi) is 5.90. The fourth-order valence-electron chi connectivity index (χ4n) is 5.83. The molecule has 1 saturated heterocycles. The molecule has 0 bridgehead atoms. The number of ether oxygens (including phenoxy) is 1. The van der Waals surface area contributed by atoms with Crippen LogP contribution in [0.4, 0.5) is 5.82 Å². The predicted molar refractivity (Wildman–Crippen MR) is 152 cm³/mol. The maximum atomic E-state index is 6.67. The van der Waals surface area contributed by atoms with Gasteiger partial charge >= 0.3 is 6.01 Å². The van der Waals surface area contributed by atoms with Crippen LogP contribution in [0.15, 0.2) is 67.1 Å². The largest absolute Gasteiger partial charge is 0.462 e. The molecule has 3 aromatic carbocycles. The number of nitrogens with zero attached hydrogens (tertiary/aromatic N) is 6. The normalized spacial score (nSPS) is 17.8. The zero-order valence-electron chi connectivity index (χ0n) is 21.3. The maximum absolute atomic E-state index is 6.67. The molecule has 2 aliphatic rings. The van der Waals surface area contributed by atoms with Crippen LogP contribution >= 0.6 is 11.6 Å². The Labute approximate surface area is 226 Å². The number of fused-ring (bicyclic) bond motifs is 3. The number of likely N-dealkylation sites (N-methyl/N-ethyl adjacent to an activating group) is 1. The van der Waals surface area contributed by atoms with E-state index in [9.17, 15) is 0 Å². The summed E-state index contributed by atoms with van der Waals surface area (Å²) in [6, 6.07) is 19.6. The second-order valence-corrected chi connectivity index (χ2v) is 10.7. The molecule has 38 heavy (non-hydrogen) atoms. The SMILES string of the molecule is CN1CCC[C@H]1COc1nc(N2CCn3cncc3C2)c2ccc(-c3cccc4cccc(Cl)c34)cc2n1. The molecule has 0 saturated carbocycles. The minimum absolute atomic E-state index is 0.395. The molecule has 1 fully saturated rings. The third kappa shape index (κ3) is 4.16. The van der Waals surface area contributed by atoms with E-state index in [-0.39, 0.29) is 0 Å². The first-order chi connectivity index (χ1) is 18.6. The zero-order chi connectivity index (χ0) is 25.6. The van der Waals surface area contributed by atoms with E-state index < -0.39 is 0 Å². The minimum atomic E-state index is 0.395. The van der Waals surface area contributed by atoms with Gasteiger partial charge in [0.25, 0.3) is 0 Å². The second-order valence-electron chi connectivity index (χ2n) is 10.3. The molecule has 8 heteroatoms. The molecule has 4 heterocycles. The molecule has 0 N–H and O–H groups in total. The van der Waals surface area contributed by atoms with Gasteiger partial charge in [-0.1, -0.05) is 48.0 Å². The Balaban J connectivity index is 1.32.